The van der Waals surface area contributed by atoms with Crippen molar-refractivity contribution >= 4 is 34.5 Å². The van der Waals surface area contributed by atoms with Crippen molar-refractivity contribution in [2.75, 3.05) is 4.81 Å². The maximum absolute atomic E-state index is 5.09. The van der Waals surface area contributed by atoms with Crippen LogP contribution in [0.25, 0.3) is 72.6 Å². The molecule has 52 heavy (non-hydrogen) atoms. The molecule has 0 saturated heterocycles. The molecule has 10 rings (SSSR count). The third kappa shape index (κ3) is 5.04. The van der Waals surface area contributed by atoms with Crippen LogP contribution in [-0.2, 0) is 0 Å². The molecule has 0 fully saturated rings. The van der Waals surface area contributed by atoms with Crippen LogP contribution in [-0.4, -0.2) is 26.8 Å². The first-order chi connectivity index (χ1) is 25.8. The second-order valence-electron chi connectivity index (χ2n) is 13.1. The number of anilines is 1. The highest BCUT2D eigenvalue weighted by atomic mass is 15.1. The van der Waals surface area contributed by atoms with Crippen LogP contribution in [0.1, 0.15) is 5.82 Å². The number of fused-ring (bicyclic) bond motifs is 8. The van der Waals surface area contributed by atoms with Crippen molar-refractivity contribution in [3.8, 4) is 56.2 Å². The highest BCUT2D eigenvalue weighted by Gasteiger charge is 2.38. The van der Waals surface area contributed by atoms with Crippen LogP contribution < -0.4 is 10.3 Å². The minimum atomic E-state index is -0.109. The highest BCUT2D eigenvalue weighted by molar-refractivity contribution is 6.85. The Hall–Kier alpha value is -6.92. The van der Waals surface area contributed by atoms with Crippen LogP contribution in [0.15, 0.2) is 182 Å². The molecule has 0 radical (unpaired) electrons. The van der Waals surface area contributed by atoms with Crippen molar-refractivity contribution in [2.45, 2.75) is 0 Å². The van der Waals surface area contributed by atoms with Crippen LogP contribution in [0.2, 0.25) is 0 Å². The molecule has 0 spiro atoms. The van der Waals surface area contributed by atoms with E-state index < -0.39 is 0 Å². The monoisotopic (exact) mass is 663 g/mol. The van der Waals surface area contributed by atoms with E-state index >= 15 is 0 Å². The van der Waals surface area contributed by atoms with Gasteiger partial charge in [-0.15, -0.1) is 0 Å². The summed E-state index contributed by atoms with van der Waals surface area (Å²) in [6, 6.07) is 54.9. The van der Waals surface area contributed by atoms with Gasteiger partial charge >= 0.3 is 6.85 Å². The van der Waals surface area contributed by atoms with Crippen LogP contribution in [0.4, 0.5) is 5.69 Å². The summed E-state index contributed by atoms with van der Waals surface area (Å²) >= 11 is 0. The van der Waals surface area contributed by atoms with E-state index in [0.717, 1.165) is 38.9 Å². The summed E-state index contributed by atoms with van der Waals surface area (Å²) < 4.78 is 0. The van der Waals surface area contributed by atoms with Crippen molar-refractivity contribution in [1.82, 2.24) is 19.9 Å². The fourth-order valence-electron chi connectivity index (χ4n) is 7.61. The topological polar surface area (TPSA) is 54.8 Å². The van der Waals surface area contributed by atoms with Gasteiger partial charge in [-0.25, -0.2) is 15.0 Å². The molecule has 2 aliphatic rings. The van der Waals surface area contributed by atoms with Crippen molar-refractivity contribution < 1.29 is 0 Å². The number of benzene rings is 6. The van der Waals surface area contributed by atoms with Gasteiger partial charge in [0.15, 0.2) is 17.5 Å². The molecule has 0 unspecified atom stereocenters. The van der Waals surface area contributed by atoms with Crippen LogP contribution in [0, 0.1) is 0 Å². The number of allylic oxidation sites excluding steroid dienone is 2. The molecule has 0 atom stereocenters. The molecular formula is C46H30BN5. The second-order valence-corrected chi connectivity index (χ2v) is 13.1. The van der Waals surface area contributed by atoms with Crippen molar-refractivity contribution in [1.29, 1.82) is 0 Å². The lowest BCUT2D eigenvalue weighted by atomic mass is 9.47. The number of nitrogens with zero attached hydrogens (tertiary/aromatic N) is 5. The Bertz CT molecular complexity index is 2620. The minimum Gasteiger partial charge on any atom is -0.381 e. The first-order valence-corrected chi connectivity index (χ1v) is 17.5. The molecule has 6 aromatic carbocycles. The predicted molar refractivity (Wildman–Crippen MR) is 214 cm³/mol. The van der Waals surface area contributed by atoms with E-state index in [1.807, 2.05) is 72.9 Å². The van der Waals surface area contributed by atoms with Gasteiger partial charge in [-0.2, -0.15) is 0 Å². The van der Waals surface area contributed by atoms with Gasteiger partial charge in [0.05, 0.1) is 11.2 Å². The zero-order valence-corrected chi connectivity index (χ0v) is 28.1. The fraction of sp³-hybridized carbons (Fsp3) is 0. The summed E-state index contributed by atoms with van der Waals surface area (Å²) in [7, 11) is 0. The summed E-state index contributed by atoms with van der Waals surface area (Å²) in [5, 5.41) is 1.09. The maximum Gasteiger partial charge on any atom is 0.321 e. The average Bonchev–Trinajstić information content (AvgIpc) is 3.24. The molecule has 0 aliphatic carbocycles. The lowest BCUT2D eigenvalue weighted by Crippen LogP contribution is -2.50. The number of hydrogen-bond donors (Lipinski definition) is 0. The second kappa shape index (κ2) is 12.4. The third-order valence-corrected chi connectivity index (χ3v) is 9.98. The van der Waals surface area contributed by atoms with Crippen molar-refractivity contribution in [3.05, 3.63) is 188 Å². The van der Waals surface area contributed by atoms with E-state index in [0.29, 0.717) is 17.5 Å². The van der Waals surface area contributed by atoms with E-state index in [-0.39, 0.29) is 6.85 Å². The number of rotatable bonds is 5. The number of hydrogen-bond acceptors (Lipinski definition) is 5. The van der Waals surface area contributed by atoms with Gasteiger partial charge in [0.2, 0.25) is 0 Å². The van der Waals surface area contributed by atoms with Gasteiger partial charge in [-0.3, -0.25) is 4.98 Å². The summed E-state index contributed by atoms with van der Waals surface area (Å²) in [6.45, 7) is -0.109. The normalized spacial score (nSPS) is 13.0. The fourth-order valence-corrected chi connectivity index (χ4v) is 7.61. The first kappa shape index (κ1) is 30.0. The van der Waals surface area contributed by atoms with Gasteiger partial charge in [-0.05, 0) is 39.3 Å². The van der Waals surface area contributed by atoms with Gasteiger partial charge in [0.1, 0.15) is 0 Å². The van der Waals surface area contributed by atoms with Gasteiger partial charge < -0.3 is 4.81 Å². The summed E-state index contributed by atoms with van der Waals surface area (Å²) in [5.41, 5.74) is 13.2. The average molecular weight is 664 g/mol. The Morgan fingerprint density at radius 1 is 0.462 bits per heavy atom. The Kier molecular flexibility index (Phi) is 7.17. The molecule has 2 aromatic heterocycles. The zero-order chi connectivity index (χ0) is 34.4. The van der Waals surface area contributed by atoms with Crippen LogP contribution in [0.5, 0.6) is 0 Å². The maximum atomic E-state index is 5.09. The van der Waals surface area contributed by atoms with E-state index in [1.165, 1.54) is 33.3 Å². The van der Waals surface area contributed by atoms with Crippen molar-refractivity contribution in [3.63, 3.8) is 0 Å². The Balaban J connectivity index is 1.23. The summed E-state index contributed by atoms with van der Waals surface area (Å²) in [6.07, 6.45) is 6.27. The Labute approximate surface area is 302 Å². The lowest BCUT2D eigenvalue weighted by Gasteiger charge is -2.39. The van der Waals surface area contributed by atoms with Crippen LogP contribution in [0.3, 0.4) is 0 Å². The largest absolute Gasteiger partial charge is 0.381 e. The molecule has 8 aromatic rings. The molecule has 5 nitrogen and oxygen atoms in total. The Morgan fingerprint density at radius 2 is 1.02 bits per heavy atom. The Morgan fingerprint density at radius 3 is 1.67 bits per heavy atom. The first-order valence-electron chi connectivity index (χ1n) is 17.5. The number of pyridine rings is 1. The standard InChI is InChI=1S/C46H30BN5/c1-5-14-31(15-6-1)37-25-26-38-39-24-23-33-22-13-29-48-42(33)43(39)52-30-36(27-28-47(52)41(38)40(37)32-16-7-2-8-17-32)46-50-44(34-18-9-3-10-19-34)49-45(51-46)35-20-11-4-12-21-35/h1-30H. The summed E-state index contributed by atoms with van der Waals surface area (Å²) in [5.74, 6) is 4.19. The molecule has 4 heterocycles. The van der Waals surface area contributed by atoms with Crippen molar-refractivity contribution in [2.24, 2.45) is 0 Å². The lowest BCUT2D eigenvalue weighted by molar-refractivity contribution is 1.04. The zero-order valence-electron chi connectivity index (χ0n) is 28.1. The van der Waals surface area contributed by atoms with E-state index in [4.69, 9.17) is 19.9 Å². The third-order valence-electron chi connectivity index (χ3n) is 9.98. The van der Waals surface area contributed by atoms with Gasteiger partial charge in [0.25, 0.3) is 0 Å². The van der Waals surface area contributed by atoms with Crippen LogP contribution >= 0.6 is 0 Å². The molecule has 242 valence electrons. The molecule has 6 heteroatoms. The number of aromatic nitrogens is 4. The van der Waals surface area contributed by atoms with E-state index in [1.54, 1.807) is 0 Å². The van der Waals surface area contributed by atoms with Gasteiger partial charge in [-0.1, -0.05) is 164 Å². The van der Waals surface area contributed by atoms with E-state index in [2.05, 4.69) is 114 Å². The minimum absolute atomic E-state index is 0.109. The molecule has 0 bridgehead atoms. The highest BCUT2D eigenvalue weighted by Crippen LogP contribution is 2.45. The quantitative estimate of drug-likeness (QED) is 0.172. The molecular weight excluding hydrogens is 633 g/mol. The van der Waals surface area contributed by atoms with Gasteiger partial charge in [0, 0.05) is 40.0 Å². The predicted octanol–water partition coefficient (Wildman–Crippen LogP) is 9.92. The van der Waals surface area contributed by atoms with E-state index in [9.17, 15) is 0 Å². The summed E-state index contributed by atoms with van der Waals surface area (Å²) in [4.78, 5) is 22.5. The smallest absolute Gasteiger partial charge is 0.321 e. The SMILES string of the molecule is C1=CC(c2nc(-c3ccccc3)nc(-c3ccccc3)n2)=CN2B1c1c(ccc(-c3ccccc3)c1-c1ccccc1)-c1ccc3cccnc3c12. The molecule has 0 N–H and O–H groups in total. The molecule has 0 amide bonds. The molecule has 2 aliphatic heterocycles. The molecule has 0 saturated carbocycles.